The highest BCUT2D eigenvalue weighted by Gasteiger charge is 2.27. The second-order valence-corrected chi connectivity index (χ2v) is 4.53. The molecule has 3 N–H and O–H groups in total. The summed E-state index contributed by atoms with van der Waals surface area (Å²) in [5.41, 5.74) is 6.89. The van der Waals surface area contributed by atoms with Crippen LogP contribution in [-0.2, 0) is 4.74 Å². The number of halogens is 1. The topological polar surface area (TPSA) is 56.5 Å². The summed E-state index contributed by atoms with van der Waals surface area (Å²) < 4.78 is 23.8. The Morgan fingerprint density at radius 3 is 2.78 bits per heavy atom. The van der Waals surface area contributed by atoms with Crippen molar-refractivity contribution in [1.29, 1.82) is 0 Å². The molecule has 1 aliphatic carbocycles. The van der Waals surface area contributed by atoms with Crippen molar-refractivity contribution in [2.24, 2.45) is 0 Å². The van der Waals surface area contributed by atoms with E-state index in [-0.39, 0.29) is 17.9 Å². The number of nitrogens with one attached hydrogen (secondary N) is 1. The molecule has 0 aromatic heterocycles. The van der Waals surface area contributed by atoms with Crippen molar-refractivity contribution < 1.29 is 13.9 Å². The first kappa shape index (κ1) is 13.0. The van der Waals surface area contributed by atoms with E-state index in [0.717, 1.165) is 19.3 Å². The lowest BCUT2D eigenvalue weighted by atomic mass is 10.1. The van der Waals surface area contributed by atoms with Gasteiger partial charge >= 0.3 is 0 Å². The Kier molecular flexibility index (Phi) is 3.91. The number of nitrogens with two attached hydrogens (primary N) is 1. The molecule has 1 aliphatic rings. The van der Waals surface area contributed by atoms with Crippen LogP contribution in [0.15, 0.2) is 12.1 Å². The zero-order valence-electron chi connectivity index (χ0n) is 10.7. The fraction of sp³-hybridized carbons (Fsp3) is 0.538. The quantitative estimate of drug-likeness (QED) is 0.810. The first-order valence-electron chi connectivity index (χ1n) is 6.08. The number of methoxy groups -OCH3 is 2. The zero-order chi connectivity index (χ0) is 13.1. The standard InChI is InChI=1S/C13H19FN2O2/c1-17-12-5-3-4-10(12)16-11-7-13(18-2)8(14)6-9(11)15/h6-7,10,12,16H,3-5,15H2,1-2H3. The third-order valence-electron chi connectivity index (χ3n) is 3.42. The van der Waals surface area contributed by atoms with Crippen LogP contribution in [0.25, 0.3) is 0 Å². The van der Waals surface area contributed by atoms with Crippen LogP contribution in [0.1, 0.15) is 19.3 Å². The van der Waals surface area contributed by atoms with Gasteiger partial charge in [0.1, 0.15) is 0 Å². The molecule has 1 aromatic carbocycles. The van der Waals surface area contributed by atoms with Gasteiger partial charge in [0.2, 0.25) is 0 Å². The van der Waals surface area contributed by atoms with E-state index >= 15 is 0 Å². The normalized spacial score (nSPS) is 23.1. The number of anilines is 2. The molecule has 1 saturated carbocycles. The maximum absolute atomic E-state index is 13.4. The zero-order valence-corrected chi connectivity index (χ0v) is 10.7. The minimum Gasteiger partial charge on any atom is -0.494 e. The number of ether oxygens (including phenoxy) is 2. The van der Waals surface area contributed by atoms with Crippen molar-refractivity contribution >= 4 is 11.4 Å². The summed E-state index contributed by atoms with van der Waals surface area (Å²) in [6.45, 7) is 0. The molecule has 2 unspecified atom stereocenters. The van der Waals surface area contributed by atoms with Crippen molar-refractivity contribution in [1.82, 2.24) is 0 Å². The molecule has 0 heterocycles. The molecule has 0 bridgehead atoms. The molecule has 0 aliphatic heterocycles. The molecule has 0 spiro atoms. The average Bonchev–Trinajstić information content (AvgIpc) is 2.79. The van der Waals surface area contributed by atoms with Crippen LogP contribution in [-0.4, -0.2) is 26.4 Å². The Hall–Kier alpha value is -1.49. The number of hydrogen-bond donors (Lipinski definition) is 2. The molecule has 1 aromatic rings. The van der Waals surface area contributed by atoms with Crippen LogP contribution < -0.4 is 15.8 Å². The summed E-state index contributed by atoms with van der Waals surface area (Å²) in [5, 5.41) is 3.32. The molecule has 0 radical (unpaired) electrons. The number of nitrogen functional groups attached to an aromatic ring is 1. The van der Waals surface area contributed by atoms with Crippen LogP contribution in [0.2, 0.25) is 0 Å². The maximum Gasteiger partial charge on any atom is 0.167 e. The molecular formula is C13H19FN2O2. The Morgan fingerprint density at radius 1 is 1.33 bits per heavy atom. The van der Waals surface area contributed by atoms with Crippen molar-refractivity contribution in [2.75, 3.05) is 25.3 Å². The van der Waals surface area contributed by atoms with Gasteiger partial charge in [-0.05, 0) is 19.3 Å². The third-order valence-corrected chi connectivity index (χ3v) is 3.42. The predicted octanol–water partition coefficient (Wildman–Crippen LogP) is 2.40. The lowest BCUT2D eigenvalue weighted by molar-refractivity contribution is 0.101. The van der Waals surface area contributed by atoms with Gasteiger partial charge < -0.3 is 20.5 Å². The van der Waals surface area contributed by atoms with Gasteiger partial charge in [0.15, 0.2) is 11.6 Å². The van der Waals surface area contributed by atoms with Gasteiger partial charge in [0.25, 0.3) is 0 Å². The Balaban J connectivity index is 2.18. The summed E-state index contributed by atoms with van der Waals surface area (Å²) in [4.78, 5) is 0. The monoisotopic (exact) mass is 254 g/mol. The van der Waals surface area contributed by atoms with Crippen LogP contribution in [0.4, 0.5) is 15.8 Å². The average molecular weight is 254 g/mol. The first-order valence-corrected chi connectivity index (χ1v) is 6.08. The Labute approximate surface area is 106 Å². The van der Waals surface area contributed by atoms with E-state index in [1.165, 1.54) is 13.2 Å². The van der Waals surface area contributed by atoms with Crippen molar-refractivity contribution in [3.8, 4) is 5.75 Å². The predicted molar refractivity (Wildman–Crippen MR) is 69.4 cm³/mol. The van der Waals surface area contributed by atoms with Crippen molar-refractivity contribution in [3.63, 3.8) is 0 Å². The van der Waals surface area contributed by atoms with Crippen LogP contribution in [0.3, 0.4) is 0 Å². The molecule has 0 saturated heterocycles. The molecule has 100 valence electrons. The van der Waals surface area contributed by atoms with E-state index in [9.17, 15) is 4.39 Å². The van der Waals surface area contributed by atoms with Crippen LogP contribution >= 0.6 is 0 Å². The highest BCUT2D eigenvalue weighted by atomic mass is 19.1. The molecule has 4 nitrogen and oxygen atoms in total. The molecular weight excluding hydrogens is 235 g/mol. The van der Waals surface area contributed by atoms with Gasteiger partial charge in [-0.25, -0.2) is 4.39 Å². The first-order chi connectivity index (χ1) is 8.65. The molecule has 5 heteroatoms. The minimum atomic E-state index is -0.449. The van der Waals surface area contributed by atoms with Gasteiger partial charge in [-0.15, -0.1) is 0 Å². The fourth-order valence-corrected chi connectivity index (χ4v) is 2.42. The molecule has 0 amide bonds. The van der Waals surface area contributed by atoms with Gasteiger partial charge in [-0.1, -0.05) is 0 Å². The van der Waals surface area contributed by atoms with E-state index in [1.54, 1.807) is 13.2 Å². The summed E-state index contributed by atoms with van der Waals surface area (Å²) in [5.74, 6) is -0.256. The van der Waals surface area contributed by atoms with E-state index in [1.807, 2.05) is 0 Å². The highest BCUT2D eigenvalue weighted by Crippen LogP contribution is 2.31. The second-order valence-electron chi connectivity index (χ2n) is 4.53. The van der Waals surface area contributed by atoms with E-state index in [4.69, 9.17) is 15.2 Å². The van der Waals surface area contributed by atoms with Crippen LogP contribution in [0.5, 0.6) is 5.75 Å². The molecule has 1 fully saturated rings. The van der Waals surface area contributed by atoms with Crippen LogP contribution in [0, 0.1) is 5.82 Å². The summed E-state index contributed by atoms with van der Waals surface area (Å²) in [6, 6.07) is 3.08. The lowest BCUT2D eigenvalue weighted by Crippen LogP contribution is -2.30. The third kappa shape index (κ3) is 2.51. The van der Waals surface area contributed by atoms with Gasteiger partial charge in [-0.3, -0.25) is 0 Å². The largest absolute Gasteiger partial charge is 0.494 e. The second kappa shape index (κ2) is 5.44. The van der Waals surface area contributed by atoms with E-state index in [0.29, 0.717) is 11.4 Å². The summed E-state index contributed by atoms with van der Waals surface area (Å²) in [7, 11) is 3.14. The fourth-order valence-electron chi connectivity index (χ4n) is 2.42. The highest BCUT2D eigenvalue weighted by molar-refractivity contribution is 5.69. The summed E-state index contributed by atoms with van der Waals surface area (Å²) >= 11 is 0. The van der Waals surface area contributed by atoms with Gasteiger partial charge in [0.05, 0.1) is 30.6 Å². The molecule has 2 rings (SSSR count). The lowest BCUT2D eigenvalue weighted by Gasteiger charge is -2.22. The van der Waals surface area contributed by atoms with Gasteiger partial charge in [0, 0.05) is 19.2 Å². The number of benzene rings is 1. The minimum absolute atomic E-state index is 0.181. The van der Waals surface area contributed by atoms with E-state index < -0.39 is 5.82 Å². The Morgan fingerprint density at radius 2 is 2.11 bits per heavy atom. The van der Waals surface area contributed by atoms with Crippen molar-refractivity contribution in [2.45, 2.75) is 31.4 Å². The molecule has 2 atom stereocenters. The Bertz CT molecular complexity index is 426. The number of hydrogen-bond acceptors (Lipinski definition) is 4. The SMILES string of the molecule is COc1cc(NC2CCCC2OC)c(N)cc1F. The molecule has 18 heavy (non-hydrogen) atoms. The summed E-state index contributed by atoms with van der Waals surface area (Å²) in [6.07, 6.45) is 3.36. The smallest absolute Gasteiger partial charge is 0.167 e. The van der Waals surface area contributed by atoms with Crippen molar-refractivity contribution in [3.05, 3.63) is 17.9 Å². The van der Waals surface area contributed by atoms with E-state index in [2.05, 4.69) is 5.32 Å². The number of rotatable bonds is 4. The maximum atomic E-state index is 13.4. The van der Waals surface area contributed by atoms with Gasteiger partial charge in [-0.2, -0.15) is 0 Å².